The number of carboxylic acids is 1. The van der Waals surface area contributed by atoms with Gasteiger partial charge in [-0.2, -0.15) is 13.2 Å². The molecule has 90 valence electrons. The van der Waals surface area contributed by atoms with E-state index in [2.05, 4.69) is 10.3 Å². The monoisotopic (exact) mass is 254 g/mol. The number of thiazole rings is 1. The number of carbonyl (C=O) groups is 1. The predicted molar refractivity (Wildman–Crippen MR) is 52.9 cm³/mol. The maximum atomic E-state index is 11.8. The Morgan fingerprint density at radius 2 is 2.25 bits per heavy atom. The fourth-order valence-corrected chi connectivity index (χ4v) is 1.72. The molecule has 4 nitrogen and oxygen atoms in total. The van der Waals surface area contributed by atoms with E-state index in [1.165, 1.54) is 5.51 Å². The van der Waals surface area contributed by atoms with Crippen molar-refractivity contribution in [3.05, 3.63) is 11.2 Å². The third kappa shape index (κ3) is 4.05. The fourth-order valence-electron chi connectivity index (χ4n) is 1.01. The first-order valence-electron chi connectivity index (χ1n) is 4.37. The number of aromatic carboxylic acids is 1. The second-order valence-corrected chi connectivity index (χ2v) is 3.84. The summed E-state index contributed by atoms with van der Waals surface area (Å²) in [5.41, 5.74) is 1.17. The Morgan fingerprint density at radius 1 is 1.56 bits per heavy atom. The summed E-state index contributed by atoms with van der Waals surface area (Å²) in [6, 6.07) is 0. The Labute approximate surface area is 93.1 Å². The summed E-state index contributed by atoms with van der Waals surface area (Å²) in [4.78, 5) is 14.2. The summed E-state index contributed by atoms with van der Waals surface area (Å²) in [6.45, 7) is 0.0714. The lowest BCUT2D eigenvalue weighted by molar-refractivity contribution is -0.134. The van der Waals surface area contributed by atoms with Crippen LogP contribution >= 0.6 is 11.3 Å². The highest BCUT2D eigenvalue weighted by atomic mass is 32.1. The molecule has 0 fully saturated rings. The molecular formula is C8H9F3N2O2S. The Balaban J connectivity index is 2.38. The minimum Gasteiger partial charge on any atom is -0.476 e. The van der Waals surface area contributed by atoms with Crippen LogP contribution in [0.25, 0.3) is 0 Å². The Hall–Kier alpha value is -1.31. The highest BCUT2D eigenvalue weighted by Crippen LogP contribution is 2.23. The molecule has 1 aromatic rings. The van der Waals surface area contributed by atoms with Crippen LogP contribution in [0.1, 0.15) is 23.3 Å². The zero-order valence-electron chi connectivity index (χ0n) is 8.04. The van der Waals surface area contributed by atoms with Crippen molar-refractivity contribution in [1.29, 1.82) is 0 Å². The smallest absolute Gasteiger partial charge is 0.389 e. The van der Waals surface area contributed by atoms with Gasteiger partial charge in [0.1, 0.15) is 5.00 Å². The van der Waals surface area contributed by atoms with Crippen LogP contribution in [0.15, 0.2) is 5.51 Å². The maximum absolute atomic E-state index is 11.8. The molecule has 0 aliphatic carbocycles. The van der Waals surface area contributed by atoms with E-state index < -0.39 is 18.6 Å². The highest BCUT2D eigenvalue weighted by molar-refractivity contribution is 7.14. The molecule has 8 heteroatoms. The van der Waals surface area contributed by atoms with E-state index in [1.807, 2.05) is 0 Å². The number of aromatic nitrogens is 1. The summed E-state index contributed by atoms with van der Waals surface area (Å²) in [7, 11) is 0. The van der Waals surface area contributed by atoms with Crippen molar-refractivity contribution in [3.63, 3.8) is 0 Å². The molecule has 0 amide bonds. The van der Waals surface area contributed by atoms with Crippen LogP contribution in [0.4, 0.5) is 18.2 Å². The summed E-state index contributed by atoms with van der Waals surface area (Å²) in [5, 5.41) is 11.6. The molecule has 0 atom stereocenters. The summed E-state index contributed by atoms with van der Waals surface area (Å²) in [6.07, 6.45) is -5.16. The number of alkyl halides is 3. The molecule has 0 aromatic carbocycles. The quantitative estimate of drug-likeness (QED) is 0.793. The number of hydrogen-bond acceptors (Lipinski definition) is 4. The topological polar surface area (TPSA) is 62.2 Å². The van der Waals surface area contributed by atoms with E-state index in [0.717, 1.165) is 11.3 Å². The maximum Gasteiger partial charge on any atom is 0.389 e. The number of halogens is 3. The predicted octanol–water partition coefficient (Wildman–Crippen LogP) is 2.60. The fraction of sp³-hybridized carbons (Fsp3) is 0.500. The molecule has 0 bridgehead atoms. The van der Waals surface area contributed by atoms with Gasteiger partial charge in [0.05, 0.1) is 5.51 Å². The van der Waals surface area contributed by atoms with Crippen molar-refractivity contribution in [2.24, 2.45) is 0 Å². The van der Waals surface area contributed by atoms with E-state index in [9.17, 15) is 18.0 Å². The van der Waals surface area contributed by atoms with Crippen molar-refractivity contribution in [2.75, 3.05) is 11.9 Å². The average Bonchev–Trinajstić information content (AvgIpc) is 2.58. The zero-order chi connectivity index (χ0) is 12.2. The van der Waals surface area contributed by atoms with Crippen LogP contribution in [0, 0.1) is 0 Å². The number of rotatable bonds is 5. The van der Waals surface area contributed by atoms with Gasteiger partial charge in [0.15, 0.2) is 5.69 Å². The van der Waals surface area contributed by atoms with Gasteiger partial charge >= 0.3 is 12.1 Å². The summed E-state index contributed by atoms with van der Waals surface area (Å²) < 4.78 is 35.4. The van der Waals surface area contributed by atoms with E-state index >= 15 is 0 Å². The van der Waals surface area contributed by atoms with Crippen molar-refractivity contribution in [3.8, 4) is 0 Å². The third-order valence-corrected chi connectivity index (χ3v) is 2.48. The standard InChI is InChI=1S/C8H9F3N2O2S/c9-8(10,11)2-1-3-12-6-5(7(14)15)13-4-16-6/h4,12H,1-3H2,(H,14,15). The van der Waals surface area contributed by atoms with Gasteiger partial charge < -0.3 is 10.4 Å². The average molecular weight is 254 g/mol. The Morgan fingerprint density at radius 3 is 2.81 bits per heavy atom. The molecule has 0 radical (unpaired) electrons. The van der Waals surface area contributed by atoms with Gasteiger partial charge in [-0.3, -0.25) is 0 Å². The molecule has 0 unspecified atom stereocenters. The highest BCUT2D eigenvalue weighted by Gasteiger charge is 2.26. The molecule has 0 spiro atoms. The molecule has 0 saturated heterocycles. The number of carboxylic acid groups (broad SMARTS) is 1. The second-order valence-electron chi connectivity index (χ2n) is 2.98. The van der Waals surface area contributed by atoms with E-state index in [4.69, 9.17) is 5.11 Å². The second kappa shape index (κ2) is 5.15. The zero-order valence-corrected chi connectivity index (χ0v) is 8.86. The van der Waals surface area contributed by atoms with Crippen LogP contribution < -0.4 is 5.32 Å². The third-order valence-electron chi connectivity index (χ3n) is 1.69. The summed E-state index contributed by atoms with van der Waals surface area (Å²) in [5.74, 6) is -1.19. The molecule has 2 N–H and O–H groups in total. The van der Waals surface area contributed by atoms with Crippen LogP contribution in [-0.2, 0) is 0 Å². The molecule has 0 saturated carbocycles. The lowest BCUT2D eigenvalue weighted by Crippen LogP contribution is -2.11. The summed E-state index contributed by atoms with van der Waals surface area (Å²) >= 11 is 1.05. The number of hydrogen-bond donors (Lipinski definition) is 2. The lowest BCUT2D eigenvalue weighted by atomic mass is 10.3. The molecular weight excluding hydrogens is 245 g/mol. The van der Waals surface area contributed by atoms with Crippen molar-refractivity contribution < 1.29 is 23.1 Å². The van der Waals surface area contributed by atoms with Crippen molar-refractivity contribution >= 4 is 22.3 Å². The molecule has 1 heterocycles. The van der Waals surface area contributed by atoms with E-state index in [1.54, 1.807) is 0 Å². The van der Waals surface area contributed by atoms with Gasteiger partial charge in [0.2, 0.25) is 0 Å². The number of anilines is 1. The van der Waals surface area contributed by atoms with Crippen molar-refractivity contribution in [1.82, 2.24) is 4.98 Å². The number of nitrogens with one attached hydrogen (secondary N) is 1. The molecule has 1 aromatic heterocycles. The van der Waals surface area contributed by atoms with Crippen LogP contribution in [0.5, 0.6) is 0 Å². The first kappa shape index (κ1) is 12.8. The van der Waals surface area contributed by atoms with E-state index in [-0.39, 0.29) is 23.7 Å². The number of nitrogens with zero attached hydrogens (tertiary/aromatic N) is 1. The van der Waals surface area contributed by atoms with Crippen molar-refractivity contribution in [2.45, 2.75) is 19.0 Å². The molecule has 1 rings (SSSR count). The van der Waals surface area contributed by atoms with Gasteiger partial charge in [-0.15, -0.1) is 11.3 Å². The van der Waals surface area contributed by atoms with Crippen LogP contribution in [0.3, 0.4) is 0 Å². The van der Waals surface area contributed by atoms with E-state index in [0.29, 0.717) is 0 Å². The SMILES string of the molecule is O=C(O)c1ncsc1NCCCC(F)(F)F. The normalized spacial score (nSPS) is 11.4. The van der Waals surface area contributed by atoms with Gasteiger partial charge in [-0.1, -0.05) is 0 Å². The molecule has 16 heavy (non-hydrogen) atoms. The lowest BCUT2D eigenvalue weighted by Gasteiger charge is -2.07. The largest absolute Gasteiger partial charge is 0.476 e. The first-order chi connectivity index (χ1) is 7.40. The van der Waals surface area contributed by atoms with Gasteiger partial charge in [0, 0.05) is 13.0 Å². The molecule has 0 aliphatic heterocycles. The van der Waals surface area contributed by atoms with Crippen LogP contribution in [-0.4, -0.2) is 28.8 Å². The van der Waals surface area contributed by atoms with Crippen LogP contribution in [0.2, 0.25) is 0 Å². The van der Waals surface area contributed by atoms with Gasteiger partial charge in [0.25, 0.3) is 0 Å². The first-order valence-corrected chi connectivity index (χ1v) is 5.25. The Bertz CT molecular complexity index is 364. The van der Waals surface area contributed by atoms with Gasteiger partial charge in [-0.05, 0) is 6.42 Å². The molecule has 0 aliphatic rings. The Kier molecular flexibility index (Phi) is 4.11. The van der Waals surface area contributed by atoms with Gasteiger partial charge in [-0.25, -0.2) is 9.78 Å². The minimum absolute atomic E-state index is 0.0714. The minimum atomic E-state index is -4.18.